The zero-order valence-corrected chi connectivity index (χ0v) is 40.5. The third-order valence-electron chi connectivity index (χ3n) is 11.9. The number of amides is 3. The smallest absolute Gasteiger partial charge is 0.317 e. The number of hydrogen-bond donors (Lipinski definition) is 6. The molecule has 0 bridgehead atoms. The van der Waals surface area contributed by atoms with Gasteiger partial charge in [0.25, 0.3) is 0 Å². The number of hydrogen-bond acceptors (Lipinski definition) is 16. The van der Waals surface area contributed by atoms with Gasteiger partial charge < -0.3 is 51.2 Å². The van der Waals surface area contributed by atoms with E-state index in [0.29, 0.717) is 82.4 Å². The van der Waals surface area contributed by atoms with Crippen molar-refractivity contribution in [1.82, 2.24) is 46.0 Å². The molecule has 2 aliphatic rings. The number of aromatic nitrogens is 3. The van der Waals surface area contributed by atoms with E-state index in [-0.39, 0.29) is 47.4 Å². The molecule has 19 heteroatoms. The zero-order valence-electron chi connectivity index (χ0n) is 40.5. The van der Waals surface area contributed by atoms with Gasteiger partial charge in [-0.2, -0.15) is 10.2 Å². The molecule has 2 aromatic heterocycles. The van der Waals surface area contributed by atoms with Gasteiger partial charge >= 0.3 is 6.03 Å². The average Bonchev–Trinajstić information content (AvgIpc) is 3.38. The SMILES string of the molecule is CNC.CNC(=O)C(CCC=O)N(C)Cc1c(C#CCCOCCNC2CCC(NC(=O)N3CCN(c4ccc(Nc5ncc(C#N)c(Nc6cccnc6C=O)n5)cc4)CC3)CC2)cccc1C=O. The number of nitrogens with one attached hydrogen (secondary N) is 6. The number of pyridine rings is 1. The van der Waals surface area contributed by atoms with Crippen molar-refractivity contribution in [2.75, 3.05) is 89.7 Å². The summed E-state index contributed by atoms with van der Waals surface area (Å²) in [7, 11) is 7.11. The fourth-order valence-electron chi connectivity index (χ4n) is 8.15. The van der Waals surface area contributed by atoms with Crippen molar-refractivity contribution in [1.29, 1.82) is 5.26 Å². The number of nitriles is 1. The van der Waals surface area contributed by atoms with E-state index in [1.54, 1.807) is 38.4 Å². The lowest BCUT2D eigenvalue weighted by molar-refractivity contribution is -0.126. The van der Waals surface area contributed by atoms with Gasteiger partial charge in [-0.05, 0) is 101 Å². The minimum atomic E-state index is -0.516. The number of rotatable bonds is 21. The Kier molecular flexibility index (Phi) is 22.2. The molecule has 2 fully saturated rings. The summed E-state index contributed by atoms with van der Waals surface area (Å²) in [4.78, 5) is 78.8. The highest BCUT2D eigenvalue weighted by Crippen LogP contribution is 2.25. The van der Waals surface area contributed by atoms with Crippen LogP contribution in [0.15, 0.2) is 67.0 Å². The Hall–Kier alpha value is -7.29. The monoisotopic (exact) mass is 956 g/mol. The van der Waals surface area contributed by atoms with Crippen LogP contribution < -0.4 is 36.8 Å². The molecule has 1 atom stereocenters. The number of carbonyl (C=O) groups excluding carboxylic acids is 5. The van der Waals surface area contributed by atoms with Gasteiger partial charge in [0.1, 0.15) is 29.9 Å². The molecule has 4 aromatic rings. The van der Waals surface area contributed by atoms with Crippen molar-refractivity contribution in [3.8, 4) is 17.9 Å². The van der Waals surface area contributed by atoms with E-state index in [0.717, 1.165) is 67.3 Å². The van der Waals surface area contributed by atoms with Gasteiger partial charge in [0.15, 0.2) is 12.1 Å². The standard InChI is InChI=1S/C49H58N12O6.C2H7N/c1-51-47(65)45(12-7-27-62)59(2)32-42-35(9-5-10-36(42)33-63)8-3-4-28-67-29-22-52-38-13-15-40(16-14-38)56-49(66)61-25-23-60(24-26-61)41-19-17-39(18-20-41)55-48-54-31-37(30-50)46(58-48)57-43-11-6-21-53-44(43)34-64;1-3-2/h5-6,9-11,17-21,27,31,33-34,38,40,45,52H,4,7,12-16,22-26,28-29,32H2,1-2H3,(H,51,65)(H,56,66)(H2,54,55,57,58);3H,1-2H3. The maximum absolute atomic E-state index is 13.2. The van der Waals surface area contributed by atoms with Gasteiger partial charge in [-0.15, -0.1) is 0 Å². The second-order valence-electron chi connectivity index (χ2n) is 16.8. The van der Waals surface area contributed by atoms with Crippen LogP contribution in [0.25, 0.3) is 0 Å². The Balaban J connectivity index is 0.00000296. The normalized spacial score (nSPS) is 15.7. The lowest BCUT2D eigenvalue weighted by Gasteiger charge is -2.37. The number of anilines is 5. The summed E-state index contributed by atoms with van der Waals surface area (Å²) in [6.07, 6.45) is 10.1. The highest BCUT2D eigenvalue weighted by Gasteiger charge is 2.27. The molecule has 0 radical (unpaired) electrons. The minimum absolute atomic E-state index is 0.0185. The minimum Gasteiger partial charge on any atom is -0.379 e. The van der Waals surface area contributed by atoms with Crippen LogP contribution in [0.1, 0.15) is 82.5 Å². The maximum Gasteiger partial charge on any atom is 0.317 e. The third kappa shape index (κ3) is 16.2. The Morgan fingerprint density at radius 2 is 1.64 bits per heavy atom. The molecule has 6 rings (SSSR count). The van der Waals surface area contributed by atoms with Crippen molar-refractivity contribution in [2.45, 2.75) is 69.6 Å². The number of likely N-dealkylation sites (N-methyl/N-ethyl adjacent to an activating group) is 2. The highest BCUT2D eigenvalue weighted by molar-refractivity contribution is 5.84. The first-order valence-electron chi connectivity index (χ1n) is 23.6. The number of carbonyl (C=O) groups is 5. The highest BCUT2D eigenvalue weighted by atomic mass is 16.5. The molecule has 6 N–H and O–H groups in total. The molecule has 19 nitrogen and oxygen atoms in total. The Bertz CT molecular complexity index is 2440. The van der Waals surface area contributed by atoms with Gasteiger partial charge in [-0.25, -0.2) is 9.78 Å². The quantitative estimate of drug-likeness (QED) is 0.0385. The molecule has 70 heavy (non-hydrogen) atoms. The number of nitrogens with zero attached hydrogens (tertiary/aromatic N) is 7. The number of urea groups is 1. The Morgan fingerprint density at radius 3 is 2.33 bits per heavy atom. The fourth-order valence-corrected chi connectivity index (χ4v) is 8.15. The van der Waals surface area contributed by atoms with Gasteiger partial charge in [0, 0.05) is 99.9 Å². The summed E-state index contributed by atoms with van der Waals surface area (Å²) < 4.78 is 5.85. The molecule has 2 aromatic carbocycles. The summed E-state index contributed by atoms with van der Waals surface area (Å²) in [6.45, 7) is 4.70. The van der Waals surface area contributed by atoms with Crippen LogP contribution >= 0.6 is 0 Å². The van der Waals surface area contributed by atoms with Gasteiger partial charge in [-0.1, -0.05) is 24.0 Å². The summed E-state index contributed by atoms with van der Waals surface area (Å²) in [6, 6.07) is 18.7. The van der Waals surface area contributed by atoms with Crippen molar-refractivity contribution >= 4 is 59.6 Å². The lowest BCUT2D eigenvalue weighted by atomic mass is 9.91. The molecule has 1 saturated heterocycles. The molecule has 1 aliphatic heterocycles. The van der Waals surface area contributed by atoms with Crippen LogP contribution in [-0.2, 0) is 20.9 Å². The van der Waals surface area contributed by atoms with E-state index >= 15 is 0 Å². The second-order valence-corrected chi connectivity index (χ2v) is 16.8. The van der Waals surface area contributed by atoms with Crippen LogP contribution in [-0.4, -0.2) is 148 Å². The van der Waals surface area contributed by atoms with E-state index < -0.39 is 6.04 Å². The first-order valence-corrected chi connectivity index (χ1v) is 23.6. The third-order valence-corrected chi connectivity index (χ3v) is 11.9. The summed E-state index contributed by atoms with van der Waals surface area (Å²) >= 11 is 0. The number of aldehydes is 3. The predicted molar refractivity (Wildman–Crippen MR) is 269 cm³/mol. The number of piperazine rings is 1. The van der Waals surface area contributed by atoms with Gasteiger partial charge in [-0.3, -0.25) is 24.3 Å². The van der Waals surface area contributed by atoms with Crippen LogP contribution in [0.3, 0.4) is 0 Å². The van der Waals surface area contributed by atoms with Crippen LogP contribution in [0.4, 0.5) is 33.6 Å². The van der Waals surface area contributed by atoms with E-state index in [2.05, 4.69) is 69.7 Å². The van der Waals surface area contributed by atoms with Crippen molar-refractivity contribution in [2.24, 2.45) is 0 Å². The molecular formula is C51H65N13O6. The second kappa shape index (κ2) is 28.9. The molecular weight excluding hydrogens is 891 g/mol. The molecule has 1 unspecified atom stereocenters. The first kappa shape index (κ1) is 53.7. The zero-order chi connectivity index (χ0) is 50.1. The van der Waals surface area contributed by atoms with Crippen LogP contribution in [0.5, 0.6) is 0 Å². The Morgan fingerprint density at radius 1 is 0.900 bits per heavy atom. The maximum atomic E-state index is 13.2. The van der Waals surface area contributed by atoms with Crippen molar-refractivity contribution < 1.29 is 28.7 Å². The van der Waals surface area contributed by atoms with Crippen LogP contribution in [0, 0.1) is 23.2 Å². The van der Waals surface area contributed by atoms with Crippen LogP contribution in [0.2, 0.25) is 0 Å². The molecule has 1 saturated carbocycles. The molecule has 1 aliphatic carbocycles. The number of benzene rings is 2. The predicted octanol–water partition coefficient (Wildman–Crippen LogP) is 4.41. The average molecular weight is 956 g/mol. The molecule has 0 spiro atoms. The van der Waals surface area contributed by atoms with E-state index in [1.165, 1.54) is 12.4 Å². The molecule has 3 heterocycles. The Labute approximate surface area is 410 Å². The van der Waals surface area contributed by atoms with Crippen molar-refractivity contribution in [3.05, 3.63) is 94.9 Å². The van der Waals surface area contributed by atoms with Gasteiger partial charge in [0.2, 0.25) is 11.9 Å². The summed E-state index contributed by atoms with van der Waals surface area (Å²) in [5.74, 6) is 6.68. The van der Waals surface area contributed by atoms with Gasteiger partial charge in [0.05, 0.1) is 31.1 Å². The fraction of sp³-hybridized carbons (Fsp3) is 0.431. The molecule has 3 amide bonds. The first-order chi connectivity index (χ1) is 34.1. The molecule has 370 valence electrons. The van der Waals surface area contributed by atoms with Crippen molar-refractivity contribution in [3.63, 3.8) is 0 Å². The van der Waals surface area contributed by atoms with E-state index in [1.807, 2.05) is 54.2 Å². The van der Waals surface area contributed by atoms with E-state index in [4.69, 9.17) is 4.74 Å². The summed E-state index contributed by atoms with van der Waals surface area (Å²) in [5, 5.41) is 28.0. The summed E-state index contributed by atoms with van der Waals surface area (Å²) in [5.41, 5.74) is 4.60. The lowest BCUT2D eigenvalue weighted by Crippen LogP contribution is -2.54. The topological polar surface area (TPSA) is 239 Å². The van der Waals surface area contributed by atoms with E-state index in [9.17, 15) is 29.2 Å². The number of ether oxygens (including phenoxy) is 1. The largest absolute Gasteiger partial charge is 0.379 e.